The van der Waals surface area contributed by atoms with Gasteiger partial charge in [-0.2, -0.15) is 13.2 Å². The highest BCUT2D eigenvalue weighted by Crippen LogP contribution is 2.32. The lowest BCUT2D eigenvalue weighted by molar-refractivity contribution is -0.138. The Morgan fingerprint density at radius 1 is 1.26 bits per heavy atom. The fourth-order valence-electron chi connectivity index (χ4n) is 2.11. The molecule has 0 aromatic heterocycles. The number of alkyl halides is 3. The molecule has 0 fully saturated rings. The maximum Gasteiger partial charge on any atom is 0.416 e. The molecule has 1 unspecified atom stereocenters. The lowest BCUT2D eigenvalue weighted by atomic mass is 10.1. The van der Waals surface area contributed by atoms with E-state index >= 15 is 0 Å². The molecule has 0 saturated heterocycles. The molecule has 0 bridgehead atoms. The summed E-state index contributed by atoms with van der Waals surface area (Å²) in [4.78, 5) is 11.2. The SMILES string of the molecule is C=CCCCCCC(Nc1cc(F)cc(C(F)(F)F)c1)C(=O)O. The molecule has 0 spiro atoms. The van der Waals surface area contributed by atoms with Crippen LogP contribution in [0.4, 0.5) is 23.2 Å². The Kier molecular flexibility index (Phi) is 7.06. The van der Waals surface area contributed by atoms with E-state index in [1.54, 1.807) is 6.08 Å². The molecular formula is C16H19F4NO2. The Labute approximate surface area is 132 Å². The molecule has 0 amide bonds. The molecule has 1 aromatic carbocycles. The first-order valence-corrected chi connectivity index (χ1v) is 7.22. The van der Waals surface area contributed by atoms with E-state index in [1.807, 2.05) is 0 Å². The molecule has 0 heterocycles. The van der Waals surface area contributed by atoms with Gasteiger partial charge in [0.15, 0.2) is 0 Å². The van der Waals surface area contributed by atoms with Crippen LogP contribution < -0.4 is 5.32 Å². The van der Waals surface area contributed by atoms with Gasteiger partial charge in [-0.3, -0.25) is 0 Å². The molecule has 23 heavy (non-hydrogen) atoms. The zero-order valence-corrected chi connectivity index (χ0v) is 12.5. The molecule has 3 nitrogen and oxygen atoms in total. The van der Waals surface area contributed by atoms with Crippen molar-refractivity contribution >= 4 is 11.7 Å². The normalized spacial score (nSPS) is 12.7. The number of allylic oxidation sites excluding steroid dienone is 1. The van der Waals surface area contributed by atoms with Crippen LogP contribution in [0.3, 0.4) is 0 Å². The summed E-state index contributed by atoms with van der Waals surface area (Å²) in [5, 5.41) is 11.6. The van der Waals surface area contributed by atoms with Crippen molar-refractivity contribution in [3.05, 3.63) is 42.2 Å². The van der Waals surface area contributed by atoms with Crippen LogP contribution in [-0.4, -0.2) is 17.1 Å². The molecule has 128 valence electrons. The summed E-state index contributed by atoms with van der Waals surface area (Å²) in [7, 11) is 0. The maximum absolute atomic E-state index is 13.3. The van der Waals surface area contributed by atoms with Crippen LogP contribution in [0.15, 0.2) is 30.9 Å². The predicted octanol–water partition coefficient (Wildman–Crippen LogP) is 4.85. The Balaban J connectivity index is 2.74. The molecule has 0 aliphatic carbocycles. The lowest BCUT2D eigenvalue weighted by Gasteiger charge is -2.17. The quantitative estimate of drug-likeness (QED) is 0.386. The van der Waals surface area contributed by atoms with E-state index in [4.69, 9.17) is 5.11 Å². The second-order valence-electron chi connectivity index (χ2n) is 5.19. The summed E-state index contributed by atoms with van der Waals surface area (Å²) in [6, 6.07) is 0.859. The van der Waals surface area contributed by atoms with Gasteiger partial charge in [-0.05, 0) is 37.5 Å². The largest absolute Gasteiger partial charge is 0.480 e. The Morgan fingerprint density at radius 3 is 2.52 bits per heavy atom. The van der Waals surface area contributed by atoms with Gasteiger partial charge >= 0.3 is 12.1 Å². The van der Waals surface area contributed by atoms with Gasteiger partial charge in [-0.25, -0.2) is 9.18 Å². The lowest BCUT2D eigenvalue weighted by Crippen LogP contribution is -2.29. The molecule has 7 heteroatoms. The van der Waals surface area contributed by atoms with E-state index in [1.165, 1.54) is 0 Å². The van der Waals surface area contributed by atoms with Crippen molar-refractivity contribution in [3.63, 3.8) is 0 Å². The van der Waals surface area contributed by atoms with E-state index in [2.05, 4.69) is 11.9 Å². The van der Waals surface area contributed by atoms with Crippen molar-refractivity contribution in [2.75, 3.05) is 5.32 Å². The zero-order chi connectivity index (χ0) is 17.5. The first-order chi connectivity index (χ1) is 10.7. The third-order valence-electron chi connectivity index (χ3n) is 3.27. The smallest absolute Gasteiger partial charge is 0.416 e. The van der Waals surface area contributed by atoms with Gasteiger partial charge in [-0.1, -0.05) is 18.9 Å². The summed E-state index contributed by atoms with van der Waals surface area (Å²) in [6.07, 6.45) is 0.385. The van der Waals surface area contributed by atoms with Gasteiger partial charge in [0.1, 0.15) is 11.9 Å². The first-order valence-electron chi connectivity index (χ1n) is 7.22. The molecule has 1 atom stereocenters. The second kappa shape index (κ2) is 8.55. The summed E-state index contributed by atoms with van der Waals surface area (Å²) in [6.45, 7) is 3.58. The van der Waals surface area contributed by atoms with Crippen molar-refractivity contribution in [3.8, 4) is 0 Å². The molecule has 0 aliphatic rings. The highest BCUT2D eigenvalue weighted by atomic mass is 19.4. The fraction of sp³-hybridized carbons (Fsp3) is 0.438. The topological polar surface area (TPSA) is 49.3 Å². The Hall–Kier alpha value is -2.05. The number of hydrogen-bond acceptors (Lipinski definition) is 2. The van der Waals surface area contributed by atoms with Gasteiger partial charge < -0.3 is 10.4 Å². The fourth-order valence-corrected chi connectivity index (χ4v) is 2.11. The number of hydrogen-bond donors (Lipinski definition) is 2. The van der Waals surface area contributed by atoms with Crippen LogP contribution in [0.25, 0.3) is 0 Å². The molecule has 1 rings (SSSR count). The monoisotopic (exact) mass is 333 g/mol. The number of nitrogens with one attached hydrogen (secondary N) is 1. The van der Waals surface area contributed by atoms with E-state index in [0.717, 1.165) is 25.3 Å². The first kappa shape index (κ1) is 19.0. The van der Waals surface area contributed by atoms with Crippen LogP contribution in [-0.2, 0) is 11.0 Å². The van der Waals surface area contributed by atoms with Crippen LogP contribution in [0, 0.1) is 5.82 Å². The average Bonchev–Trinajstić information content (AvgIpc) is 2.44. The minimum Gasteiger partial charge on any atom is -0.480 e. The Morgan fingerprint density at radius 2 is 1.96 bits per heavy atom. The van der Waals surface area contributed by atoms with Gasteiger partial charge in [0, 0.05) is 5.69 Å². The maximum atomic E-state index is 13.3. The van der Waals surface area contributed by atoms with Crippen molar-refractivity contribution in [1.29, 1.82) is 0 Å². The van der Waals surface area contributed by atoms with E-state index < -0.39 is 29.6 Å². The number of carboxylic acid groups (broad SMARTS) is 1. The standard InChI is InChI=1S/C16H19F4NO2/c1-2-3-4-5-6-7-14(15(22)23)21-13-9-11(16(18,19)20)8-12(17)10-13/h2,8-10,14,21H,1,3-7H2,(H,22,23). The second-order valence-corrected chi connectivity index (χ2v) is 5.19. The number of carboxylic acids is 1. The number of benzene rings is 1. The van der Waals surface area contributed by atoms with E-state index in [-0.39, 0.29) is 12.1 Å². The van der Waals surface area contributed by atoms with Crippen LogP contribution in [0.2, 0.25) is 0 Å². The van der Waals surface area contributed by atoms with Crippen molar-refractivity contribution < 1.29 is 27.5 Å². The summed E-state index contributed by atoms with van der Waals surface area (Å²) in [5.41, 5.74) is -1.36. The van der Waals surface area contributed by atoms with Gasteiger partial charge in [-0.15, -0.1) is 6.58 Å². The minimum absolute atomic E-state index is 0.198. The summed E-state index contributed by atoms with van der Waals surface area (Å²) in [5.74, 6) is -2.26. The van der Waals surface area contributed by atoms with Crippen LogP contribution in [0.1, 0.15) is 37.7 Å². The van der Waals surface area contributed by atoms with Gasteiger partial charge in [0.25, 0.3) is 0 Å². The zero-order valence-electron chi connectivity index (χ0n) is 12.5. The molecule has 0 aliphatic heterocycles. The average molecular weight is 333 g/mol. The predicted molar refractivity (Wildman–Crippen MR) is 79.7 cm³/mol. The molecule has 1 aromatic rings. The van der Waals surface area contributed by atoms with Crippen molar-refractivity contribution in [1.82, 2.24) is 0 Å². The summed E-state index contributed by atoms with van der Waals surface area (Å²) < 4.78 is 51.2. The minimum atomic E-state index is -4.69. The van der Waals surface area contributed by atoms with E-state index in [9.17, 15) is 22.4 Å². The third-order valence-corrected chi connectivity index (χ3v) is 3.27. The number of halogens is 4. The molecular weight excluding hydrogens is 314 g/mol. The number of anilines is 1. The van der Waals surface area contributed by atoms with Gasteiger partial charge in [0.2, 0.25) is 0 Å². The third kappa shape index (κ3) is 6.71. The number of rotatable bonds is 9. The summed E-state index contributed by atoms with van der Waals surface area (Å²) >= 11 is 0. The number of aliphatic carboxylic acids is 1. The highest BCUT2D eigenvalue weighted by Gasteiger charge is 2.31. The van der Waals surface area contributed by atoms with Crippen molar-refractivity contribution in [2.24, 2.45) is 0 Å². The van der Waals surface area contributed by atoms with Gasteiger partial charge in [0.05, 0.1) is 5.56 Å². The Bertz CT molecular complexity index is 543. The number of carbonyl (C=O) groups is 1. The molecule has 0 radical (unpaired) electrons. The number of unbranched alkanes of at least 4 members (excludes halogenated alkanes) is 3. The molecule has 0 saturated carbocycles. The van der Waals surface area contributed by atoms with E-state index in [0.29, 0.717) is 18.6 Å². The molecule has 2 N–H and O–H groups in total. The van der Waals surface area contributed by atoms with Crippen molar-refractivity contribution in [2.45, 2.75) is 44.3 Å². The van der Waals surface area contributed by atoms with Crippen LogP contribution >= 0.6 is 0 Å². The highest BCUT2D eigenvalue weighted by molar-refractivity contribution is 5.77. The van der Waals surface area contributed by atoms with Crippen LogP contribution in [0.5, 0.6) is 0 Å².